The zero-order valence-electron chi connectivity index (χ0n) is 14.9. The predicted molar refractivity (Wildman–Crippen MR) is 92.2 cm³/mol. The Bertz CT molecular complexity index is 502. The summed E-state index contributed by atoms with van der Waals surface area (Å²) in [6.07, 6.45) is 5.50. The van der Waals surface area contributed by atoms with E-state index in [1.54, 1.807) is 0 Å². The molecule has 0 spiro atoms. The summed E-state index contributed by atoms with van der Waals surface area (Å²) in [6, 6.07) is 0. The quantitative estimate of drug-likeness (QED) is 0.496. The van der Waals surface area contributed by atoms with Gasteiger partial charge in [-0.15, -0.1) is 0 Å². The van der Waals surface area contributed by atoms with Gasteiger partial charge in [0.1, 0.15) is 0 Å². The average Bonchev–Trinajstić information content (AvgIpc) is 2.64. The first-order chi connectivity index (χ1) is 12.4. The van der Waals surface area contributed by atoms with Crippen LogP contribution in [0, 0.1) is 23.7 Å². The summed E-state index contributed by atoms with van der Waals surface area (Å²) in [5.74, 6) is -4.77. The third-order valence-corrected chi connectivity index (χ3v) is 5.56. The lowest BCUT2D eigenvalue weighted by Crippen LogP contribution is -2.44. The Labute approximate surface area is 152 Å². The Morgan fingerprint density at radius 1 is 0.615 bits per heavy atom. The van der Waals surface area contributed by atoms with Gasteiger partial charge in [-0.1, -0.05) is 25.7 Å². The Morgan fingerprint density at radius 3 is 1.23 bits per heavy atom. The lowest BCUT2D eigenvalue weighted by atomic mass is 9.78. The van der Waals surface area contributed by atoms with E-state index in [9.17, 15) is 29.4 Å². The van der Waals surface area contributed by atoms with E-state index in [0.717, 1.165) is 25.7 Å². The highest BCUT2D eigenvalue weighted by Gasteiger charge is 2.36. The number of amides is 2. The van der Waals surface area contributed by atoms with Crippen molar-refractivity contribution in [3.8, 4) is 0 Å². The molecule has 0 heterocycles. The summed E-state index contributed by atoms with van der Waals surface area (Å²) in [6.45, 7) is 0.412. The lowest BCUT2D eigenvalue weighted by molar-refractivity contribution is -0.149. The van der Waals surface area contributed by atoms with Crippen LogP contribution in [0.25, 0.3) is 0 Å². The van der Waals surface area contributed by atoms with Crippen molar-refractivity contribution < 1.29 is 29.4 Å². The van der Waals surface area contributed by atoms with Crippen LogP contribution in [-0.2, 0) is 19.2 Å². The van der Waals surface area contributed by atoms with Gasteiger partial charge in [0.05, 0.1) is 23.7 Å². The number of carboxylic acids is 2. The normalized spacial score (nSPS) is 28.8. The minimum absolute atomic E-state index is 0.206. The molecule has 8 heteroatoms. The van der Waals surface area contributed by atoms with Crippen LogP contribution in [0.1, 0.15) is 51.4 Å². The first-order valence-corrected chi connectivity index (χ1v) is 9.43. The van der Waals surface area contributed by atoms with E-state index < -0.39 is 35.6 Å². The zero-order chi connectivity index (χ0) is 19.1. The second kappa shape index (κ2) is 9.54. The number of hydrogen-bond donors (Lipinski definition) is 4. The van der Waals surface area contributed by atoms with E-state index in [4.69, 9.17) is 0 Å². The molecule has 4 atom stereocenters. The molecule has 2 rings (SSSR count). The van der Waals surface area contributed by atoms with Gasteiger partial charge in [0, 0.05) is 13.1 Å². The molecule has 0 bridgehead atoms. The molecule has 146 valence electrons. The van der Waals surface area contributed by atoms with Crippen molar-refractivity contribution in [3.05, 3.63) is 0 Å². The SMILES string of the molecule is O=C(O)[C@H]1CCCC[C@@H]1C(=O)NCCNC(=O)[C@H]1CCCC[C@H]1C(=O)O. The van der Waals surface area contributed by atoms with Crippen LogP contribution in [0.3, 0.4) is 0 Å². The van der Waals surface area contributed by atoms with Gasteiger partial charge in [0.15, 0.2) is 0 Å². The van der Waals surface area contributed by atoms with Gasteiger partial charge in [-0.3, -0.25) is 19.2 Å². The van der Waals surface area contributed by atoms with Crippen LogP contribution in [0.5, 0.6) is 0 Å². The molecule has 4 N–H and O–H groups in total. The maximum atomic E-state index is 12.2. The van der Waals surface area contributed by atoms with E-state index in [1.807, 2.05) is 0 Å². The van der Waals surface area contributed by atoms with E-state index in [2.05, 4.69) is 10.6 Å². The molecular formula is C18H28N2O6. The maximum absolute atomic E-state index is 12.2. The van der Waals surface area contributed by atoms with Crippen molar-refractivity contribution >= 4 is 23.8 Å². The molecule has 2 fully saturated rings. The van der Waals surface area contributed by atoms with E-state index in [1.165, 1.54) is 0 Å². The Morgan fingerprint density at radius 2 is 0.923 bits per heavy atom. The summed E-state index contributed by atoms with van der Waals surface area (Å²) in [4.78, 5) is 47.0. The van der Waals surface area contributed by atoms with Gasteiger partial charge in [-0.2, -0.15) is 0 Å². The van der Waals surface area contributed by atoms with E-state index in [0.29, 0.717) is 25.7 Å². The molecule has 2 aliphatic carbocycles. The van der Waals surface area contributed by atoms with Gasteiger partial charge < -0.3 is 20.8 Å². The maximum Gasteiger partial charge on any atom is 0.307 e. The van der Waals surface area contributed by atoms with E-state index in [-0.39, 0.29) is 24.9 Å². The van der Waals surface area contributed by atoms with Crippen molar-refractivity contribution in [3.63, 3.8) is 0 Å². The number of carbonyl (C=O) groups excluding carboxylic acids is 2. The summed E-state index contributed by atoms with van der Waals surface area (Å²) >= 11 is 0. The molecule has 0 aromatic rings. The summed E-state index contributed by atoms with van der Waals surface area (Å²) < 4.78 is 0. The molecule has 8 nitrogen and oxygen atoms in total. The standard InChI is InChI=1S/C18H28N2O6/c21-15(11-5-1-3-7-13(11)17(23)24)19-9-10-20-16(22)12-6-2-4-8-14(12)18(25)26/h11-14H,1-10H2,(H,19,21)(H,20,22)(H,23,24)(H,25,26)/t11-,12-,13-,14+/m0/s1. The largest absolute Gasteiger partial charge is 0.481 e. The number of carboxylic acid groups (broad SMARTS) is 2. The Balaban J connectivity index is 1.75. The molecular weight excluding hydrogens is 340 g/mol. The molecule has 0 aliphatic heterocycles. The highest BCUT2D eigenvalue weighted by molar-refractivity contribution is 5.86. The van der Waals surface area contributed by atoms with Gasteiger partial charge in [0.25, 0.3) is 0 Å². The molecule has 0 saturated heterocycles. The number of hydrogen-bond acceptors (Lipinski definition) is 4. The smallest absolute Gasteiger partial charge is 0.307 e. The molecule has 2 aliphatic rings. The third kappa shape index (κ3) is 5.19. The second-order valence-electron chi connectivity index (χ2n) is 7.25. The molecule has 26 heavy (non-hydrogen) atoms. The summed E-state index contributed by atoms with van der Waals surface area (Å²) in [7, 11) is 0. The fraction of sp³-hybridized carbons (Fsp3) is 0.778. The molecule has 2 saturated carbocycles. The van der Waals surface area contributed by atoms with Crippen LogP contribution >= 0.6 is 0 Å². The first kappa shape index (κ1) is 20.2. The van der Waals surface area contributed by atoms with Crippen LogP contribution in [0.15, 0.2) is 0 Å². The number of nitrogens with one attached hydrogen (secondary N) is 2. The fourth-order valence-corrected chi connectivity index (χ4v) is 4.11. The van der Waals surface area contributed by atoms with Crippen molar-refractivity contribution in [1.29, 1.82) is 0 Å². The fourth-order valence-electron chi connectivity index (χ4n) is 4.11. The van der Waals surface area contributed by atoms with Crippen LogP contribution in [0.2, 0.25) is 0 Å². The lowest BCUT2D eigenvalue weighted by Gasteiger charge is -2.28. The van der Waals surface area contributed by atoms with Gasteiger partial charge >= 0.3 is 11.9 Å². The summed E-state index contributed by atoms with van der Waals surface area (Å²) in [5, 5.41) is 23.9. The molecule has 0 aromatic carbocycles. The van der Waals surface area contributed by atoms with Crippen molar-refractivity contribution in [1.82, 2.24) is 10.6 Å². The second-order valence-corrected chi connectivity index (χ2v) is 7.25. The minimum Gasteiger partial charge on any atom is -0.481 e. The van der Waals surface area contributed by atoms with Gasteiger partial charge in [-0.25, -0.2) is 0 Å². The van der Waals surface area contributed by atoms with Gasteiger partial charge in [-0.05, 0) is 25.7 Å². The monoisotopic (exact) mass is 368 g/mol. The Hall–Kier alpha value is -2.12. The molecule has 0 unspecified atom stereocenters. The zero-order valence-corrected chi connectivity index (χ0v) is 14.9. The number of rotatable bonds is 7. The first-order valence-electron chi connectivity index (χ1n) is 9.43. The highest BCUT2D eigenvalue weighted by Crippen LogP contribution is 2.31. The molecule has 0 aromatic heterocycles. The topological polar surface area (TPSA) is 133 Å². The minimum atomic E-state index is -0.935. The van der Waals surface area contributed by atoms with Crippen LogP contribution in [0.4, 0.5) is 0 Å². The van der Waals surface area contributed by atoms with Crippen LogP contribution in [-0.4, -0.2) is 47.1 Å². The average molecular weight is 368 g/mol. The van der Waals surface area contributed by atoms with Gasteiger partial charge in [0.2, 0.25) is 11.8 Å². The number of aliphatic carboxylic acids is 2. The summed E-state index contributed by atoms with van der Waals surface area (Å²) in [5.41, 5.74) is 0. The van der Waals surface area contributed by atoms with Crippen LogP contribution < -0.4 is 10.6 Å². The highest BCUT2D eigenvalue weighted by atomic mass is 16.4. The molecule has 0 radical (unpaired) electrons. The predicted octanol–water partition coefficient (Wildman–Crippen LogP) is 1.00. The van der Waals surface area contributed by atoms with Crippen molar-refractivity contribution in [2.24, 2.45) is 23.7 Å². The number of carbonyl (C=O) groups is 4. The molecule has 2 amide bonds. The third-order valence-electron chi connectivity index (χ3n) is 5.56. The van der Waals surface area contributed by atoms with E-state index >= 15 is 0 Å². The van der Waals surface area contributed by atoms with Crippen molar-refractivity contribution in [2.75, 3.05) is 13.1 Å². The van der Waals surface area contributed by atoms with Crippen molar-refractivity contribution in [2.45, 2.75) is 51.4 Å². The Kier molecular flexibility index (Phi) is 7.41.